The molecule has 7 nitrogen and oxygen atoms in total. The van der Waals surface area contributed by atoms with E-state index in [2.05, 4.69) is 20.4 Å². The van der Waals surface area contributed by atoms with Crippen LogP contribution in [0.15, 0.2) is 30.6 Å². The van der Waals surface area contributed by atoms with Gasteiger partial charge in [-0.3, -0.25) is 0 Å². The summed E-state index contributed by atoms with van der Waals surface area (Å²) in [5.41, 5.74) is 6.73. The maximum absolute atomic E-state index is 6.04. The average molecular weight is 345 g/mol. The first kappa shape index (κ1) is 15.2. The molecule has 3 heterocycles. The fraction of sp³-hybridized carbons (Fsp3) is 0.312. The predicted molar refractivity (Wildman–Crippen MR) is 92.2 cm³/mol. The summed E-state index contributed by atoms with van der Waals surface area (Å²) in [4.78, 5) is 8.41. The van der Waals surface area contributed by atoms with Crippen LogP contribution in [0, 0.1) is 5.92 Å². The minimum atomic E-state index is 0.354. The minimum Gasteiger partial charge on any atom is -0.437 e. The summed E-state index contributed by atoms with van der Waals surface area (Å²) in [5, 5.41) is 9.16. The molecule has 1 aromatic carbocycles. The highest BCUT2D eigenvalue weighted by Gasteiger charge is 2.21. The Hall–Kier alpha value is -2.38. The summed E-state index contributed by atoms with van der Waals surface area (Å²) in [7, 11) is 0. The van der Waals surface area contributed by atoms with Gasteiger partial charge in [0.15, 0.2) is 5.65 Å². The SMILES string of the molecule is Nc1ncnc2c1c(Oc1cccc(Cl)c1)nn2CC1CCNC1. The smallest absolute Gasteiger partial charge is 0.251 e. The lowest BCUT2D eigenvalue weighted by Crippen LogP contribution is -2.15. The van der Waals surface area contributed by atoms with Gasteiger partial charge in [-0.25, -0.2) is 14.6 Å². The van der Waals surface area contributed by atoms with E-state index in [1.54, 1.807) is 12.1 Å². The lowest BCUT2D eigenvalue weighted by molar-refractivity contribution is 0.420. The van der Waals surface area contributed by atoms with Crippen LogP contribution in [-0.4, -0.2) is 32.8 Å². The van der Waals surface area contributed by atoms with E-state index in [9.17, 15) is 0 Å². The molecule has 0 bridgehead atoms. The van der Waals surface area contributed by atoms with Crippen LogP contribution in [0.1, 0.15) is 6.42 Å². The first-order valence-corrected chi connectivity index (χ1v) is 8.19. The highest BCUT2D eigenvalue weighted by atomic mass is 35.5. The number of ether oxygens (including phenoxy) is 1. The summed E-state index contributed by atoms with van der Waals surface area (Å²) in [5.74, 6) is 1.87. The number of fused-ring (bicyclic) bond motifs is 1. The fourth-order valence-electron chi connectivity index (χ4n) is 2.95. The van der Waals surface area contributed by atoms with Crippen LogP contribution in [0.2, 0.25) is 5.02 Å². The third-order valence-electron chi connectivity index (χ3n) is 4.13. The van der Waals surface area contributed by atoms with E-state index in [4.69, 9.17) is 22.1 Å². The molecule has 0 spiro atoms. The van der Waals surface area contributed by atoms with E-state index in [1.807, 2.05) is 16.8 Å². The third kappa shape index (κ3) is 2.88. The van der Waals surface area contributed by atoms with Gasteiger partial charge in [0.2, 0.25) is 0 Å². The van der Waals surface area contributed by atoms with Crippen molar-refractivity contribution in [3.05, 3.63) is 35.6 Å². The van der Waals surface area contributed by atoms with E-state index >= 15 is 0 Å². The number of nitrogens with one attached hydrogen (secondary N) is 1. The quantitative estimate of drug-likeness (QED) is 0.755. The predicted octanol–water partition coefficient (Wildman–Crippen LogP) is 2.46. The van der Waals surface area contributed by atoms with Crippen LogP contribution < -0.4 is 15.8 Å². The van der Waals surface area contributed by atoms with Gasteiger partial charge in [-0.15, -0.1) is 5.10 Å². The summed E-state index contributed by atoms with van der Waals surface area (Å²) in [6, 6.07) is 7.15. The Kier molecular flexibility index (Phi) is 3.95. The van der Waals surface area contributed by atoms with Crippen LogP contribution in [0.4, 0.5) is 5.82 Å². The first-order chi connectivity index (χ1) is 11.7. The highest BCUT2D eigenvalue weighted by Crippen LogP contribution is 2.32. The zero-order valence-electron chi connectivity index (χ0n) is 12.9. The van der Waals surface area contributed by atoms with E-state index in [1.165, 1.54) is 6.33 Å². The van der Waals surface area contributed by atoms with Gasteiger partial charge < -0.3 is 15.8 Å². The first-order valence-electron chi connectivity index (χ1n) is 7.82. The summed E-state index contributed by atoms with van der Waals surface area (Å²) in [6.45, 7) is 2.78. The van der Waals surface area contributed by atoms with E-state index in [0.29, 0.717) is 39.4 Å². The second-order valence-electron chi connectivity index (χ2n) is 5.86. The molecule has 0 saturated carbocycles. The van der Waals surface area contributed by atoms with Crippen LogP contribution in [0.25, 0.3) is 11.0 Å². The summed E-state index contributed by atoms with van der Waals surface area (Å²) >= 11 is 6.02. The van der Waals surface area contributed by atoms with Crippen LogP contribution in [0.5, 0.6) is 11.6 Å². The molecule has 0 amide bonds. The lowest BCUT2D eigenvalue weighted by atomic mass is 10.1. The van der Waals surface area contributed by atoms with Gasteiger partial charge in [0.25, 0.3) is 5.88 Å². The van der Waals surface area contributed by atoms with Crippen molar-refractivity contribution in [2.24, 2.45) is 5.92 Å². The second-order valence-corrected chi connectivity index (χ2v) is 6.30. The number of halogens is 1. The normalized spacial score (nSPS) is 17.5. The number of benzene rings is 1. The number of aromatic nitrogens is 4. The van der Waals surface area contributed by atoms with Gasteiger partial charge in [0.1, 0.15) is 23.3 Å². The molecular weight excluding hydrogens is 328 g/mol. The van der Waals surface area contributed by atoms with Gasteiger partial charge >= 0.3 is 0 Å². The summed E-state index contributed by atoms with van der Waals surface area (Å²) in [6.07, 6.45) is 2.57. The Morgan fingerprint density at radius 1 is 1.38 bits per heavy atom. The molecule has 1 saturated heterocycles. The zero-order chi connectivity index (χ0) is 16.5. The number of nitrogens with two attached hydrogens (primary N) is 1. The largest absolute Gasteiger partial charge is 0.437 e. The Labute approximate surface area is 143 Å². The molecule has 1 aliphatic rings. The molecule has 0 radical (unpaired) electrons. The van der Waals surface area contributed by atoms with Crippen molar-refractivity contribution in [3.63, 3.8) is 0 Å². The number of hydrogen-bond donors (Lipinski definition) is 2. The molecule has 2 aromatic heterocycles. The van der Waals surface area contributed by atoms with Crippen molar-refractivity contribution in [1.82, 2.24) is 25.1 Å². The molecule has 1 fully saturated rings. The summed E-state index contributed by atoms with van der Waals surface area (Å²) < 4.78 is 7.76. The molecule has 24 heavy (non-hydrogen) atoms. The fourth-order valence-corrected chi connectivity index (χ4v) is 3.13. The minimum absolute atomic E-state index is 0.354. The zero-order valence-corrected chi connectivity index (χ0v) is 13.7. The van der Waals surface area contributed by atoms with E-state index < -0.39 is 0 Å². The number of nitrogens with zero attached hydrogens (tertiary/aromatic N) is 4. The number of nitrogen functional groups attached to an aromatic ring is 1. The molecule has 0 aliphatic carbocycles. The van der Waals surface area contributed by atoms with Gasteiger partial charge in [-0.2, -0.15) is 0 Å². The van der Waals surface area contributed by atoms with E-state index in [-0.39, 0.29) is 0 Å². The molecular formula is C16H17ClN6O. The Morgan fingerprint density at radius 2 is 2.29 bits per heavy atom. The monoisotopic (exact) mass is 344 g/mol. The molecule has 3 N–H and O–H groups in total. The van der Waals surface area contributed by atoms with Crippen molar-refractivity contribution in [1.29, 1.82) is 0 Å². The maximum Gasteiger partial charge on any atom is 0.251 e. The van der Waals surface area contributed by atoms with Crippen molar-refractivity contribution < 1.29 is 4.74 Å². The average Bonchev–Trinajstić information content (AvgIpc) is 3.17. The molecule has 4 rings (SSSR count). The number of anilines is 1. The van der Waals surface area contributed by atoms with Gasteiger partial charge in [0, 0.05) is 11.6 Å². The second kappa shape index (κ2) is 6.26. The van der Waals surface area contributed by atoms with Crippen LogP contribution in [-0.2, 0) is 6.54 Å². The Bertz CT molecular complexity index is 874. The van der Waals surface area contributed by atoms with Crippen molar-refractivity contribution in [2.45, 2.75) is 13.0 Å². The standard InChI is InChI=1S/C16H17ClN6O/c17-11-2-1-3-12(6-11)24-16-13-14(18)20-9-21-15(13)23(22-16)8-10-4-5-19-7-10/h1-3,6,9-10,19H,4-5,7-8H2,(H2,18,20,21). The van der Waals surface area contributed by atoms with Crippen molar-refractivity contribution >= 4 is 28.5 Å². The Morgan fingerprint density at radius 3 is 3.08 bits per heavy atom. The molecule has 1 atom stereocenters. The number of rotatable bonds is 4. The van der Waals surface area contributed by atoms with Gasteiger partial charge in [-0.05, 0) is 43.6 Å². The third-order valence-corrected chi connectivity index (χ3v) is 4.37. The van der Waals surface area contributed by atoms with Crippen LogP contribution in [0.3, 0.4) is 0 Å². The maximum atomic E-state index is 6.04. The number of hydrogen-bond acceptors (Lipinski definition) is 6. The van der Waals surface area contributed by atoms with Crippen molar-refractivity contribution in [2.75, 3.05) is 18.8 Å². The Balaban J connectivity index is 1.74. The molecule has 1 unspecified atom stereocenters. The molecule has 3 aromatic rings. The van der Waals surface area contributed by atoms with E-state index in [0.717, 1.165) is 26.1 Å². The van der Waals surface area contributed by atoms with Gasteiger partial charge in [-0.1, -0.05) is 17.7 Å². The highest BCUT2D eigenvalue weighted by molar-refractivity contribution is 6.30. The topological polar surface area (TPSA) is 90.9 Å². The lowest BCUT2D eigenvalue weighted by Gasteiger charge is -2.08. The van der Waals surface area contributed by atoms with Gasteiger partial charge in [0.05, 0.1) is 0 Å². The van der Waals surface area contributed by atoms with Crippen LogP contribution >= 0.6 is 11.6 Å². The molecule has 8 heteroatoms. The van der Waals surface area contributed by atoms with Crippen molar-refractivity contribution in [3.8, 4) is 11.6 Å². The molecule has 124 valence electrons. The molecule has 1 aliphatic heterocycles.